The number of halogens is 2. The highest BCUT2D eigenvalue weighted by Gasteiger charge is 2.18. The Morgan fingerprint density at radius 3 is 2.68 bits per heavy atom. The molecular formula is C22H17F2N5O2. The van der Waals surface area contributed by atoms with Crippen LogP contribution in [0.4, 0.5) is 8.78 Å². The average molecular weight is 421 g/mol. The average Bonchev–Trinajstić information content (AvgIpc) is 3.33. The first kappa shape index (κ1) is 19.1. The molecule has 0 amide bonds. The molecule has 0 aliphatic carbocycles. The molecule has 3 heterocycles. The largest absolute Gasteiger partial charge is 0.337 e. The van der Waals surface area contributed by atoms with Gasteiger partial charge in [0.2, 0.25) is 5.89 Å². The van der Waals surface area contributed by atoms with Gasteiger partial charge in [-0.2, -0.15) is 4.98 Å². The van der Waals surface area contributed by atoms with Crippen molar-refractivity contribution in [2.45, 2.75) is 26.4 Å². The Balaban J connectivity index is 1.71. The predicted molar refractivity (Wildman–Crippen MR) is 110 cm³/mol. The molecule has 0 fully saturated rings. The van der Waals surface area contributed by atoms with Crippen LogP contribution in [0.5, 0.6) is 0 Å². The maximum Gasteiger partial charge on any atom is 0.278 e. The predicted octanol–water partition coefficient (Wildman–Crippen LogP) is 3.67. The Bertz CT molecular complexity index is 1480. The van der Waals surface area contributed by atoms with E-state index in [2.05, 4.69) is 15.1 Å². The Hall–Kier alpha value is -3.88. The van der Waals surface area contributed by atoms with Crippen LogP contribution in [0, 0.1) is 11.6 Å². The summed E-state index contributed by atoms with van der Waals surface area (Å²) in [5.41, 5.74) is 1.64. The molecule has 0 unspecified atom stereocenters. The number of benzene rings is 2. The van der Waals surface area contributed by atoms with Crippen LogP contribution in [-0.2, 0) is 19.5 Å². The standard InChI is InChI=1S/C22H17F2N5O2/c1-2-18-26-19(31-27-18)11-28-12-25-20-16-9-15(24)6-7-17(16)29(21(20)22(28)30)10-13-4-3-5-14(23)8-13/h3-9,12H,2,10-11H2,1H3. The summed E-state index contributed by atoms with van der Waals surface area (Å²) in [6, 6.07) is 10.4. The van der Waals surface area contributed by atoms with Gasteiger partial charge in [0.15, 0.2) is 5.82 Å². The molecule has 2 aromatic carbocycles. The van der Waals surface area contributed by atoms with Crippen LogP contribution in [0.25, 0.3) is 21.9 Å². The summed E-state index contributed by atoms with van der Waals surface area (Å²) >= 11 is 0. The van der Waals surface area contributed by atoms with Gasteiger partial charge in [-0.25, -0.2) is 13.8 Å². The first-order valence-corrected chi connectivity index (χ1v) is 9.76. The van der Waals surface area contributed by atoms with E-state index in [1.54, 1.807) is 22.8 Å². The van der Waals surface area contributed by atoms with Gasteiger partial charge in [-0.1, -0.05) is 24.2 Å². The molecule has 5 rings (SSSR count). The van der Waals surface area contributed by atoms with Crippen LogP contribution in [-0.4, -0.2) is 24.3 Å². The normalized spacial score (nSPS) is 11.6. The fraction of sp³-hybridized carbons (Fsp3) is 0.182. The van der Waals surface area contributed by atoms with Crippen molar-refractivity contribution in [3.8, 4) is 0 Å². The van der Waals surface area contributed by atoms with Gasteiger partial charge in [0.1, 0.15) is 29.2 Å². The minimum absolute atomic E-state index is 0.0601. The van der Waals surface area contributed by atoms with Crippen LogP contribution in [0.2, 0.25) is 0 Å². The van der Waals surface area contributed by atoms with Gasteiger partial charge in [0.25, 0.3) is 5.56 Å². The summed E-state index contributed by atoms with van der Waals surface area (Å²) in [4.78, 5) is 22.0. The van der Waals surface area contributed by atoms with Crippen LogP contribution < -0.4 is 5.56 Å². The van der Waals surface area contributed by atoms with Crippen molar-refractivity contribution >= 4 is 21.9 Å². The molecule has 5 aromatic rings. The highest BCUT2D eigenvalue weighted by molar-refractivity contribution is 6.05. The highest BCUT2D eigenvalue weighted by Crippen LogP contribution is 2.27. The van der Waals surface area contributed by atoms with Crippen molar-refractivity contribution in [2.75, 3.05) is 0 Å². The van der Waals surface area contributed by atoms with E-state index in [4.69, 9.17) is 4.52 Å². The van der Waals surface area contributed by atoms with Crippen LogP contribution in [0.3, 0.4) is 0 Å². The Morgan fingerprint density at radius 1 is 1.06 bits per heavy atom. The minimum atomic E-state index is -0.429. The zero-order valence-corrected chi connectivity index (χ0v) is 16.5. The molecule has 9 heteroatoms. The van der Waals surface area contributed by atoms with Crippen molar-refractivity contribution < 1.29 is 13.3 Å². The molecule has 0 aliphatic heterocycles. The molecule has 156 valence electrons. The molecule has 0 spiro atoms. The van der Waals surface area contributed by atoms with Gasteiger partial charge in [0.05, 0.1) is 11.8 Å². The van der Waals surface area contributed by atoms with E-state index in [-0.39, 0.29) is 24.5 Å². The van der Waals surface area contributed by atoms with Gasteiger partial charge in [-0.05, 0) is 35.9 Å². The van der Waals surface area contributed by atoms with Crippen LogP contribution in [0.15, 0.2) is 58.1 Å². The summed E-state index contributed by atoms with van der Waals surface area (Å²) in [6.07, 6.45) is 2.00. The molecule has 0 saturated heterocycles. The zero-order chi connectivity index (χ0) is 21.5. The molecule has 0 atom stereocenters. The molecule has 31 heavy (non-hydrogen) atoms. The van der Waals surface area contributed by atoms with E-state index >= 15 is 0 Å². The maximum absolute atomic E-state index is 14.0. The first-order chi connectivity index (χ1) is 15.0. The minimum Gasteiger partial charge on any atom is -0.337 e. The number of hydrogen-bond donors (Lipinski definition) is 0. The summed E-state index contributed by atoms with van der Waals surface area (Å²) < 4.78 is 36.0. The smallest absolute Gasteiger partial charge is 0.278 e. The molecule has 0 bridgehead atoms. The van der Waals surface area contributed by atoms with Crippen molar-refractivity contribution in [1.82, 2.24) is 24.3 Å². The van der Waals surface area contributed by atoms with Gasteiger partial charge < -0.3 is 9.09 Å². The second-order valence-electron chi connectivity index (χ2n) is 7.21. The fourth-order valence-electron chi connectivity index (χ4n) is 3.71. The monoisotopic (exact) mass is 421 g/mol. The van der Waals surface area contributed by atoms with Crippen LogP contribution >= 0.6 is 0 Å². The van der Waals surface area contributed by atoms with Gasteiger partial charge in [-0.15, -0.1) is 0 Å². The Labute approximate surface area is 174 Å². The third-order valence-electron chi connectivity index (χ3n) is 5.15. The molecular weight excluding hydrogens is 404 g/mol. The molecule has 0 saturated carbocycles. The number of nitrogens with zero attached hydrogens (tertiary/aromatic N) is 5. The molecule has 3 aromatic heterocycles. The number of hydrogen-bond acceptors (Lipinski definition) is 5. The number of aryl methyl sites for hydroxylation is 1. The highest BCUT2D eigenvalue weighted by atomic mass is 19.1. The van der Waals surface area contributed by atoms with Crippen molar-refractivity contribution in [1.29, 1.82) is 0 Å². The fourth-order valence-corrected chi connectivity index (χ4v) is 3.71. The molecule has 7 nitrogen and oxygen atoms in total. The van der Waals surface area contributed by atoms with E-state index in [1.807, 2.05) is 6.92 Å². The van der Waals surface area contributed by atoms with Crippen molar-refractivity contribution in [3.05, 3.63) is 88.1 Å². The van der Waals surface area contributed by atoms with Gasteiger partial charge in [0, 0.05) is 18.4 Å². The second kappa shape index (κ2) is 7.42. The van der Waals surface area contributed by atoms with Crippen molar-refractivity contribution in [3.63, 3.8) is 0 Å². The lowest BCUT2D eigenvalue weighted by Crippen LogP contribution is -2.23. The summed E-state index contributed by atoms with van der Waals surface area (Å²) in [5, 5.41) is 4.36. The number of fused-ring (bicyclic) bond motifs is 3. The molecule has 0 N–H and O–H groups in total. The topological polar surface area (TPSA) is 78.7 Å². The SMILES string of the molecule is CCc1noc(Cn2cnc3c4cc(F)ccc4n(Cc4cccc(F)c4)c3c2=O)n1. The number of rotatable bonds is 5. The third kappa shape index (κ3) is 3.37. The Morgan fingerprint density at radius 2 is 1.90 bits per heavy atom. The maximum atomic E-state index is 14.0. The first-order valence-electron chi connectivity index (χ1n) is 9.76. The molecule has 0 radical (unpaired) electrons. The van der Waals surface area contributed by atoms with E-state index in [0.717, 1.165) is 0 Å². The third-order valence-corrected chi connectivity index (χ3v) is 5.15. The second-order valence-corrected chi connectivity index (χ2v) is 7.21. The summed E-state index contributed by atoms with van der Waals surface area (Å²) in [7, 11) is 0. The Kier molecular flexibility index (Phi) is 4.58. The van der Waals surface area contributed by atoms with Crippen molar-refractivity contribution in [2.24, 2.45) is 0 Å². The lowest BCUT2D eigenvalue weighted by atomic mass is 10.2. The zero-order valence-electron chi connectivity index (χ0n) is 16.5. The lowest BCUT2D eigenvalue weighted by Gasteiger charge is -2.08. The van der Waals surface area contributed by atoms with E-state index in [0.29, 0.717) is 45.6 Å². The molecule has 0 aliphatic rings. The van der Waals surface area contributed by atoms with E-state index < -0.39 is 5.82 Å². The van der Waals surface area contributed by atoms with E-state index in [1.165, 1.54) is 35.2 Å². The summed E-state index contributed by atoms with van der Waals surface area (Å²) in [5.74, 6) is 0.0379. The van der Waals surface area contributed by atoms with Gasteiger partial charge in [-0.3, -0.25) is 9.36 Å². The van der Waals surface area contributed by atoms with Gasteiger partial charge >= 0.3 is 0 Å². The van der Waals surface area contributed by atoms with Crippen LogP contribution in [0.1, 0.15) is 24.2 Å². The number of aromatic nitrogens is 5. The van der Waals surface area contributed by atoms with E-state index in [9.17, 15) is 13.6 Å². The summed E-state index contributed by atoms with van der Waals surface area (Å²) in [6.45, 7) is 2.19. The lowest BCUT2D eigenvalue weighted by molar-refractivity contribution is 0.365. The quantitative estimate of drug-likeness (QED) is 0.433.